The van der Waals surface area contributed by atoms with Gasteiger partial charge in [0.2, 0.25) is 5.91 Å². The number of nitrogens with one attached hydrogen (secondary N) is 1. The molecule has 1 aromatic rings. The first-order valence-corrected chi connectivity index (χ1v) is 7.74. The minimum atomic E-state index is -3.63. The molecule has 0 aromatic carbocycles. The van der Waals surface area contributed by atoms with Crippen molar-refractivity contribution in [2.75, 3.05) is 19.6 Å². The van der Waals surface area contributed by atoms with E-state index in [-0.39, 0.29) is 28.2 Å². The number of hydrogen-bond donors (Lipinski definition) is 2. The van der Waals surface area contributed by atoms with E-state index in [0.29, 0.717) is 11.4 Å². The monoisotopic (exact) mass is 305 g/mol. The lowest BCUT2D eigenvalue weighted by Gasteiger charge is -2.25. The summed E-state index contributed by atoms with van der Waals surface area (Å²) in [6, 6.07) is 3.03. The van der Waals surface area contributed by atoms with Crippen LogP contribution in [-0.4, -0.2) is 43.3 Å². The number of piperazine rings is 1. The Labute approximate surface area is 114 Å². The molecule has 0 radical (unpaired) electrons. The summed E-state index contributed by atoms with van der Waals surface area (Å²) in [7, 11) is -3.63. The summed E-state index contributed by atoms with van der Waals surface area (Å²) in [4.78, 5) is 11.9. The lowest BCUT2D eigenvalue weighted by atomic mass is 10.4. The SMILES string of the molecule is NC(=S)c1ccc(S(=O)(=O)N2CCNC(=O)C2)s1. The zero-order chi connectivity index (χ0) is 13.3. The van der Waals surface area contributed by atoms with E-state index < -0.39 is 10.0 Å². The van der Waals surface area contributed by atoms with Gasteiger partial charge in [-0.1, -0.05) is 12.2 Å². The van der Waals surface area contributed by atoms with E-state index in [1.807, 2.05) is 0 Å². The largest absolute Gasteiger partial charge is 0.389 e. The van der Waals surface area contributed by atoms with Crippen molar-refractivity contribution in [1.29, 1.82) is 0 Å². The quantitative estimate of drug-likeness (QED) is 0.735. The van der Waals surface area contributed by atoms with Crippen LogP contribution in [0.25, 0.3) is 0 Å². The van der Waals surface area contributed by atoms with Gasteiger partial charge in [-0.2, -0.15) is 4.31 Å². The van der Waals surface area contributed by atoms with Crippen molar-refractivity contribution in [3.05, 3.63) is 17.0 Å². The summed E-state index contributed by atoms with van der Waals surface area (Å²) < 4.78 is 25.8. The molecule has 1 fully saturated rings. The average molecular weight is 305 g/mol. The van der Waals surface area contributed by atoms with Crippen molar-refractivity contribution >= 4 is 44.5 Å². The van der Waals surface area contributed by atoms with E-state index in [0.717, 1.165) is 15.6 Å². The molecular weight excluding hydrogens is 294 g/mol. The molecule has 0 spiro atoms. The summed E-state index contributed by atoms with van der Waals surface area (Å²) in [6.45, 7) is 0.447. The maximum atomic E-state index is 12.2. The first kappa shape index (κ1) is 13.4. The standard InChI is InChI=1S/C9H11N3O3S3/c10-9(16)6-1-2-8(17-6)18(14,15)12-4-3-11-7(13)5-12/h1-2H,3-5H2,(H2,10,16)(H,11,13). The Morgan fingerprint density at radius 3 is 2.78 bits per heavy atom. The summed E-state index contributed by atoms with van der Waals surface area (Å²) in [6.07, 6.45) is 0. The number of rotatable bonds is 3. The number of hydrogen-bond acceptors (Lipinski definition) is 5. The van der Waals surface area contributed by atoms with E-state index >= 15 is 0 Å². The average Bonchev–Trinajstić information content (AvgIpc) is 2.79. The first-order chi connectivity index (χ1) is 8.41. The summed E-state index contributed by atoms with van der Waals surface area (Å²) in [5.41, 5.74) is 5.44. The van der Waals surface area contributed by atoms with E-state index in [1.165, 1.54) is 6.07 Å². The highest BCUT2D eigenvalue weighted by Crippen LogP contribution is 2.25. The summed E-state index contributed by atoms with van der Waals surface area (Å²) in [5.74, 6) is -0.295. The zero-order valence-corrected chi connectivity index (χ0v) is 11.7. The second kappa shape index (κ2) is 4.92. The molecule has 0 atom stereocenters. The molecule has 1 amide bonds. The Balaban J connectivity index is 2.29. The summed E-state index contributed by atoms with van der Waals surface area (Å²) in [5, 5.41) is 2.58. The molecule has 18 heavy (non-hydrogen) atoms. The van der Waals surface area contributed by atoms with Crippen molar-refractivity contribution < 1.29 is 13.2 Å². The Hall–Kier alpha value is -1.03. The van der Waals surface area contributed by atoms with Gasteiger partial charge in [-0.15, -0.1) is 11.3 Å². The second-order valence-electron chi connectivity index (χ2n) is 3.67. The topological polar surface area (TPSA) is 92.5 Å². The number of carbonyl (C=O) groups is 1. The highest BCUT2D eigenvalue weighted by molar-refractivity contribution is 7.91. The number of thiophene rings is 1. The molecule has 0 saturated carbocycles. The lowest BCUT2D eigenvalue weighted by molar-refractivity contribution is -0.122. The molecule has 9 heteroatoms. The zero-order valence-electron chi connectivity index (χ0n) is 9.25. The van der Waals surface area contributed by atoms with Crippen LogP contribution in [-0.2, 0) is 14.8 Å². The minimum absolute atomic E-state index is 0.150. The van der Waals surface area contributed by atoms with Gasteiger partial charge in [-0.3, -0.25) is 4.79 Å². The predicted octanol–water partition coefficient (Wildman–Crippen LogP) is -0.497. The van der Waals surface area contributed by atoms with Crippen LogP contribution in [0.3, 0.4) is 0 Å². The van der Waals surface area contributed by atoms with Crippen molar-refractivity contribution in [1.82, 2.24) is 9.62 Å². The van der Waals surface area contributed by atoms with Gasteiger partial charge < -0.3 is 11.1 Å². The fourth-order valence-electron chi connectivity index (χ4n) is 1.54. The molecule has 6 nitrogen and oxygen atoms in total. The third kappa shape index (κ3) is 2.53. The van der Waals surface area contributed by atoms with Crippen LogP contribution in [0.5, 0.6) is 0 Å². The fraction of sp³-hybridized carbons (Fsp3) is 0.333. The Bertz CT molecular complexity index is 593. The molecule has 0 aliphatic carbocycles. The van der Waals surface area contributed by atoms with Gasteiger partial charge in [0.15, 0.2) is 0 Å². The van der Waals surface area contributed by atoms with Crippen LogP contribution >= 0.6 is 23.6 Å². The third-order valence-corrected chi connectivity index (χ3v) is 6.20. The molecule has 1 saturated heterocycles. The number of sulfonamides is 1. The molecule has 1 aliphatic rings. The lowest BCUT2D eigenvalue weighted by Crippen LogP contribution is -2.49. The first-order valence-electron chi connectivity index (χ1n) is 5.08. The molecule has 2 rings (SSSR count). The molecule has 0 unspecified atom stereocenters. The third-order valence-electron chi connectivity index (χ3n) is 2.42. The van der Waals surface area contributed by atoms with Gasteiger partial charge in [0, 0.05) is 13.1 Å². The van der Waals surface area contributed by atoms with Gasteiger partial charge in [-0.05, 0) is 12.1 Å². The number of nitrogens with two attached hydrogens (primary N) is 1. The molecule has 1 aromatic heterocycles. The van der Waals surface area contributed by atoms with Crippen molar-refractivity contribution in [3.63, 3.8) is 0 Å². The van der Waals surface area contributed by atoms with E-state index in [1.54, 1.807) is 6.07 Å². The Morgan fingerprint density at radius 2 is 2.22 bits per heavy atom. The van der Waals surface area contributed by atoms with Crippen molar-refractivity contribution in [3.8, 4) is 0 Å². The van der Waals surface area contributed by atoms with Crippen LogP contribution in [0.2, 0.25) is 0 Å². The van der Waals surface area contributed by atoms with Gasteiger partial charge in [0.25, 0.3) is 10.0 Å². The smallest absolute Gasteiger partial charge is 0.253 e. The number of amides is 1. The molecule has 1 aliphatic heterocycles. The van der Waals surface area contributed by atoms with Crippen LogP contribution in [0.1, 0.15) is 4.88 Å². The maximum absolute atomic E-state index is 12.2. The van der Waals surface area contributed by atoms with Crippen LogP contribution in [0.4, 0.5) is 0 Å². The van der Waals surface area contributed by atoms with Crippen LogP contribution in [0, 0.1) is 0 Å². The molecule has 2 heterocycles. The number of carbonyl (C=O) groups excluding carboxylic acids is 1. The highest BCUT2D eigenvalue weighted by atomic mass is 32.2. The predicted molar refractivity (Wildman–Crippen MR) is 72.0 cm³/mol. The van der Waals surface area contributed by atoms with Gasteiger partial charge in [0.05, 0.1) is 11.4 Å². The molecule has 0 bridgehead atoms. The van der Waals surface area contributed by atoms with Gasteiger partial charge >= 0.3 is 0 Å². The number of nitrogens with zero attached hydrogens (tertiary/aromatic N) is 1. The highest BCUT2D eigenvalue weighted by Gasteiger charge is 2.30. The van der Waals surface area contributed by atoms with Gasteiger partial charge in [-0.25, -0.2) is 8.42 Å². The maximum Gasteiger partial charge on any atom is 0.253 e. The van der Waals surface area contributed by atoms with Crippen molar-refractivity contribution in [2.24, 2.45) is 5.73 Å². The number of thiocarbonyl (C=S) groups is 1. The molecule has 3 N–H and O–H groups in total. The van der Waals surface area contributed by atoms with E-state index in [4.69, 9.17) is 18.0 Å². The second-order valence-corrected chi connectivity index (χ2v) is 7.36. The van der Waals surface area contributed by atoms with Gasteiger partial charge in [0.1, 0.15) is 9.20 Å². The van der Waals surface area contributed by atoms with Crippen LogP contribution < -0.4 is 11.1 Å². The van der Waals surface area contributed by atoms with Crippen molar-refractivity contribution in [2.45, 2.75) is 4.21 Å². The molecule has 98 valence electrons. The fourth-order valence-corrected chi connectivity index (χ4v) is 4.44. The van der Waals surface area contributed by atoms with Crippen LogP contribution in [0.15, 0.2) is 16.3 Å². The van der Waals surface area contributed by atoms with E-state index in [9.17, 15) is 13.2 Å². The molecular formula is C9H11N3O3S3. The Kier molecular flexibility index (Phi) is 3.66. The van der Waals surface area contributed by atoms with E-state index in [2.05, 4.69) is 5.32 Å². The minimum Gasteiger partial charge on any atom is -0.389 e. The normalized spacial score (nSPS) is 17.4. The summed E-state index contributed by atoms with van der Waals surface area (Å²) >= 11 is 5.80. The Morgan fingerprint density at radius 1 is 1.50 bits per heavy atom.